The Morgan fingerprint density at radius 2 is 2.00 bits per heavy atom. The second kappa shape index (κ2) is 7.18. The van der Waals surface area contributed by atoms with E-state index in [9.17, 15) is 4.79 Å². The second-order valence-electron chi connectivity index (χ2n) is 4.21. The molecule has 0 aliphatic heterocycles. The lowest BCUT2D eigenvalue weighted by molar-refractivity contribution is -0.133. The molecule has 1 aromatic rings. The first-order chi connectivity index (χ1) is 9.15. The molecule has 1 rings (SSSR count). The van der Waals surface area contributed by atoms with Gasteiger partial charge in [0, 0.05) is 13.1 Å². The molecule has 0 bridgehead atoms. The minimum absolute atomic E-state index is 0.144. The van der Waals surface area contributed by atoms with Crippen molar-refractivity contribution >= 4 is 5.91 Å². The molecule has 1 amide bonds. The smallest absolute Gasteiger partial charge is 0.240 e. The number of benzene rings is 1. The zero-order valence-electron chi connectivity index (χ0n) is 11.3. The molecule has 0 heterocycles. The Morgan fingerprint density at radius 1 is 1.32 bits per heavy atom. The monoisotopic (exact) mass is 255 g/mol. The molecule has 0 aliphatic rings. The normalized spacial score (nSPS) is 11.2. The van der Waals surface area contributed by atoms with Gasteiger partial charge in [0.05, 0.1) is 17.7 Å². The topological polar surface area (TPSA) is 67.9 Å². The van der Waals surface area contributed by atoms with Gasteiger partial charge in [0.15, 0.2) is 0 Å². The molecule has 1 unspecified atom stereocenters. The first-order valence-corrected chi connectivity index (χ1v) is 6.33. The van der Waals surface area contributed by atoms with Crippen LogP contribution in [0.2, 0.25) is 0 Å². The molecule has 0 aromatic heterocycles. The van der Waals surface area contributed by atoms with Crippen molar-refractivity contribution in [1.82, 2.24) is 4.90 Å². The van der Waals surface area contributed by atoms with Gasteiger partial charge in [-0.15, -0.1) is 0 Å². The third-order valence-corrected chi connectivity index (χ3v) is 3.02. The molecular formula is C15H17N3O. The number of carbonyl (C=O) groups excluding carboxylic acids is 1. The van der Waals surface area contributed by atoms with E-state index in [0.29, 0.717) is 25.1 Å². The molecule has 0 radical (unpaired) electrons. The lowest BCUT2D eigenvalue weighted by Crippen LogP contribution is -2.36. The number of rotatable bonds is 5. The number of hydrogen-bond acceptors (Lipinski definition) is 3. The highest BCUT2D eigenvalue weighted by molar-refractivity contribution is 5.81. The Morgan fingerprint density at radius 3 is 2.53 bits per heavy atom. The van der Waals surface area contributed by atoms with Gasteiger partial charge in [-0.1, -0.05) is 12.1 Å². The summed E-state index contributed by atoms with van der Waals surface area (Å²) in [5.41, 5.74) is 1.38. The molecule has 0 saturated heterocycles. The third-order valence-electron chi connectivity index (χ3n) is 3.02. The molecule has 98 valence electrons. The number of nitrogens with zero attached hydrogens (tertiary/aromatic N) is 3. The average Bonchev–Trinajstić information content (AvgIpc) is 2.46. The van der Waals surface area contributed by atoms with Crippen molar-refractivity contribution in [3.05, 3.63) is 35.4 Å². The highest BCUT2D eigenvalue weighted by Gasteiger charge is 2.22. The second-order valence-corrected chi connectivity index (χ2v) is 4.21. The maximum Gasteiger partial charge on any atom is 0.240 e. The minimum Gasteiger partial charge on any atom is -0.342 e. The fourth-order valence-corrected chi connectivity index (χ4v) is 1.95. The SMILES string of the molecule is CCN(CC)C(=O)C(C#N)Cc1cccc(C#N)c1. The summed E-state index contributed by atoms with van der Waals surface area (Å²) in [6.45, 7) is 5.00. The van der Waals surface area contributed by atoms with Gasteiger partial charge < -0.3 is 4.90 Å². The number of nitriles is 2. The minimum atomic E-state index is -0.686. The van der Waals surface area contributed by atoms with Crippen LogP contribution < -0.4 is 0 Å². The van der Waals surface area contributed by atoms with Crippen LogP contribution in [-0.2, 0) is 11.2 Å². The van der Waals surface area contributed by atoms with Crippen LogP contribution in [0.25, 0.3) is 0 Å². The van der Waals surface area contributed by atoms with E-state index in [2.05, 4.69) is 12.1 Å². The molecule has 0 aliphatic carbocycles. The van der Waals surface area contributed by atoms with Crippen LogP contribution in [-0.4, -0.2) is 23.9 Å². The summed E-state index contributed by atoms with van der Waals surface area (Å²) in [6.07, 6.45) is 0.349. The summed E-state index contributed by atoms with van der Waals surface area (Å²) >= 11 is 0. The highest BCUT2D eigenvalue weighted by Crippen LogP contribution is 2.13. The van der Waals surface area contributed by atoms with Crippen LogP contribution in [0.15, 0.2) is 24.3 Å². The van der Waals surface area contributed by atoms with Crippen molar-refractivity contribution in [2.24, 2.45) is 5.92 Å². The Kier molecular flexibility index (Phi) is 5.57. The predicted molar refractivity (Wildman–Crippen MR) is 71.9 cm³/mol. The molecular weight excluding hydrogens is 238 g/mol. The van der Waals surface area contributed by atoms with Crippen molar-refractivity contribution in [3.63, 3.8) is 0 Å². The molecule has 0 spiro atoms. The van der Waals surface area contributed by atoms with E-state index in [1.54, 1.807) is 23.1 Å². The molecule has 0 saturated carbocycles. The Balaban J connectivity index is 2.85. The lowest BCUT2D eigenvalue weighted by Gasteiger charge is -2.21. The largest absolute Gasteiger partial charge is 0.342 e. The standard InChI is InChI=1S/C15H17N3O/c1-3-18(4-2)15(19)14(11-17)9-12-6-5-7-13(8-12)10-16/h5-8,14H,3-4,9H2,1-2H3. The van der Waals surface area contributed by atoms with Gasteiger partial charge in [0.1, 0.15) is 5.92 Å². The van der Waals surface area contributed by atoms with E-state index < -0.39 is 5.92 Å². The maximum absolute atomic E-state index is 12.1. The van der Waals surface area contributed by atoms with Crippen LogP contribution in [0.1, 0.15) is 25.0 Å². The number of hydrogen-bond donors (Lipinski definition) is 0. The third kappa shape index (κ3) is 3.82. The van der Waals surface area contributed by atoms with Crippen molar-refractivity contribution in [1.29, 1.82) is 10.5 Å². The Bertz CT molecular complexity index is 521. The van der Waals surface area contributed by atoms with Gasteiger partial charge in [-0.3, -0.25) is 4.79 Å². The van der Waals surface area contributed by atoms with Crippen LogP contribution in [0.3, 0.4) is 0 Å². The summed E-state index contributed by atoms with van der Waals surface area (Å²) < 4.78 is 0. The molecule has 4 heteroatoms. The van der Waals surface area contributed by atoms with E-state index in [-0.39, 0.29) is 5.91 Å². The van der Waals surface area contributed by atoms with Crippen LogP contribution in [0.5, 0.6) is 0 Å². The Labute approximate surface area is 113 Å². The van der Waals surface area contributed by atoms with E-state index in [1.807, 2.05) is 19.9 Å². The van der Waals surface area contributed by atoms with Gasteiger partial charge in [-0.25, -0.2) is 0 Å². The van der Waals surface area contributed by atoms with Crippen molar-refractivity contribution in [3.8, 4) is 12.1 Å². The average molecular weight is 255 g/mol. The maximum atomic E-state index is 12.1. The quantitative estimate of drug-likeness (QED) is 0.809. The number of carbonyl (C=O) groups is 1. The van der Waals surface area contributed by atoms with E-state index in [0.717, 1.165) is 5.56 Å². The van der Waals surface area contributed by atoms with Gasteiger partial charge in [-0.05, 0) is 38.0 Å². The van der Waals surface area contributed by atoms with Crippen LogP contribution in [0, 0.1) is 28.6 Å². The summed E-state index contributed by atoms with van der Waals surface area (Å²) in [7, 11) is 0. The van der Waals surface area contributed by atoms with E-state index >= 15 is 0 Å². The first-order valence-electron chi connectivity index (χ1n) is 6.33. The van der Waals surface area contributed by atoms with Gasteiger partial charge in [0.2, 0.25) is 5.91 Å². The predicted octanol–water partition coefficient (Wildman–Crippen LogP) is 2.11. The van der Waals surface area contributed by atoms with Gasteiger partial charge >= 0.3 is 0 Å². The number of amides is 1. The Hall–Kier alpha value is -2.33. The zero-order chi connectivity index (χ0) is 14.3. The molecule has 4 nitrogen and oxygen atoms in total. The van der Waals surface area contributed by atoms with Gasteiger partial charge in [-0.2, -0.15) is 10.5 Å². The summed E-state index contributed by atoms with van der Waals surface area (Å²) in [5.74, 6) is -0.830. The van der Waals surface area contributed by atoms with Crippen molar-refractivity contribution in [2.75, 3.05) is 13.1 Å². The molecule has 19 heavy (non-hydrogen) atoms. The fourth-order valence-electron chi connectivity index (χ4n) is 1.95. The highest BCUT2D eigenvalue weighted by atomic mass is 16.2. The van der Waals surface area contributed by atoms with Gasteiger partial charge in [0.25, 0.3) is 0 Å². The zero-order valence-corrected chi connectivity index (χ0v) is 11.3. The fraction of sp³-hybridized carbons (Fsp3) is 0.400. The van der Waals surface area contributed by atoms with Crippen molar-refractivity contribution in [2.45, 2.75) is 20.3 Å². The lowest BCUT2D eigenvalue weighted by atomic mass is 9.98. The summed E-state index contributed by atoms with van der Waals surface area (Å²) in [4.78, 5) is 13.8. The molecule has 1 aromatic carbocycles. The molecule has 0 N–H and O–H groups in total. The van der Waals surface area contributed by atoms with Crippen molar-refractivity contribution < 1.29 is 4.79 Å². The molecule has 1 atom stereocenters. The van der Waals surface area contributed by atoms with Crippen LogP contribution >= 0.6 is 0 Å². The van der Waals surface area contributed by atoms with E-state index in [4.69, 9.17) is 10.5 Å². The summed E-state index contributed by atoms with van der Waals surface area (Å²) in [5, 5.41) is 18.0. The van der Waals surface area contributed by atoms with Crippen LogP contribution in [0.4, 0.5) is 0 Å². The summed E-state index contributed by atoms with van der Waals surface area (Å²) in [6, 6.07) is 11.1. The first kappa shape index (κ1) is 14.7. The molecule has 0 fully saturated rings. The van der Waals surface area contributed by atoms with E-state index in [1.165, 1.54) is 0 Å².